The van der Waals surface area contributed by atoms with Gasteiger partial charge in [-0.25, -0.2) is 4.21 Å². The minimum atomic E-state index is -1.31. The van der Waals surface area contributed by atoms with Crippen LogP contribution in [-0.2, 0) is 15.8 Å². The van der Waals surface area contributed by atoms with Gasteiger partial charge in [-0.1, -0.05) is 20.8 Å². The molecular weight excluding hydrogens is 186 g/mol. The fourth-order valence-electron chi connectivity index (χ4n) is 0.390. The molecule has 0 heterocycles. The van der Waals surface area contributed by atoms with Crippen LogP contribution in [0.5, 0.6) is 0 Å². The predicted molar refractivity (Wildman–Crippen MR) is 55.5 cm³/mol. The Kier molecular flexibility index (Phi) is 3.67. The highest BCUT2D eigenvalue weighted by Crippen LogP contribution is 2.15. The van der Waals surface area contributed by atoms with Gasteiger partial charge in [0.25, 0.3) is 0 Å². The van der Waals surface area contributed by atoms with Crippen molar-refractivity contribution in [3.63, 3.8) is 0 Å². The minimum absolute atomic E-state index is 0.180. The van der Waals surface area contributed by atoms with Crippen molar-refractivity contribution in [2.45, 2.75) is 46.3 Å². The highest BCUT2D eigenvalue weighted by molar-refractivity contribution is 7.85. The third-order valence-electron chi connectivity index (χ3n) is 1.42. The zero-order valence-electron chi connectivity index (χ0n) is 9.22. The summed E-state index contributed by atoms with van der Waals surface area (Å²) in [6.07, 6.45) is 0. The van der Waals surface area contributed by atoms with Crippen molar-refractivity contribution in [3.8, 4) is 0 Å². The smallest absolute Gasteiger partial charge is 0.237 e. The van der Waals surface area contributed by atoms with E-state index in [2.05, 4.69) is 4.72 Å². The first kappa shape index (κ1) is 12.6. The van der Waals surface area contributed by atoms with Gasteiger partial charge in [-0.05, 0) is 20.8 Å². The Bertz CT molecular complexity index is 199. The van der Waals surface area contributed by atoms with Gasteiger partial charge in [0, 0.05) is 5.41 Å². The van der Waals surface area contributed by atoms with Crippen molar-refractivity contribution in [2.75, 3.05) is 0 Å². The number of hydrogen-bond donors (Lipinski definition) is 1. The van der Waals surface area contributed by atoms with E-state index in [4.69, 9.17) is 0 Å². The molecule has 0 aromatic carbocycles. The quantitative estimate of drug-likeness (QED) is 0.707. The molecule has 0 radical (unpaired) electrons. The summed E-state index contributed by atoms with van der Waals surface area (Å²) in [6.45, 7) is 10.9. The molecule has 0 aliphatic heterocycles. The predicted octanol–water partition coefficient (Wildman–Crippen LogP) is 1.61. The van der Waals surface area contributed by atoms with E-state index in [0.717, 1.165) is 0 Å². The van der Waals surface area contributed by atoms with Crippen LogP contribution in [0.2, 0.25) is 0 Å². The van der Waals surface area contributed by atoms with E-state index in [9.17, 15) is 9.00 Å². The summed E-state index contributed by atoms with van der Waals surface area (Å²) in [4.78, 5) is 11.4. The maximum absolute atomic E-state index is 11.5. The van der Waals surface area contributed by atoms with Crippen LogP contribution in [-0.4, -0.2) is 14.9 Å². The van der Waals surface area contributed by atoms with Crippen LogP contribution in [0.4, 0.5) is 0 Å². The average molecular weight is 205 g/mol. The molecule has 0 unspecified atom stereocenters. The van der Waals surface area contributed by atoms with Crippen LogP contribution in [0.15, 0.2) is 0 Å². The second-order valence-electron chi connectivity index (χ2n) is 5.06. The van der Waals surface area contributed by atoms with E-state index >= 15 is 0 Å². The summed E-state index contributed by atoms with van der Waals surface area (Å²) in [6, 6.07) is 0. The van der Waals surface area contributed by atoms with Crippen LogP contribution in [0.3, 0.4) is 0 Å². The van der Waals surface area contributed by atoms with Crippen molar-refractivity contribution in [2.24, 2.45) is 5.41 Å². The molecule has 0 aromatic heterocycles. The number of carbonyl (C=O) groups is 1. The van der Waals surface area contributed by atoms with Crippen molar-refractivity contribution in [1.29, 1.82) is 0 Å². The molecule has 78 valence electrons. The van der Waals surface area contributed by atoms with Gasteiger partial charge in [0.2, 0.25) is 5.91 Å². The Labute approximate surface area is 82.9 Å². The zero-order chi connectivity index (χ0) is 10.9. The van der Waals surface area contributed by atoms with Crippen molar-refractivity contribution in [3.05, 3.63) is 0 Å². The lowest BCUT2D eigenvalue weighted by Crippen LogP contribution is -2.42. The molecule has 1 N–H and O–H groups in total. The Balaban J connectivity index is 4.34. The Hall–Kier alpha value is -0.380. The maximum Gasteiger partial charge on any atom is 0.237 e. The van der Waals surface area contributed by atoms with Gasteiger partial charge >= 0.3 is 0 Å². The van der Waals surface area contributed by atoms with Gasteiger partial charge in [0.05, 0.1) is 4.75 Å². The van der Waals surface area contributed by atoms with Crippen molar-refractivity contribution in [1.82, 2.24) is 4.72 Å². The van der Waals surface area contributed by atoms with E-state index < -0.39 is 21.1 Å². The first-order valence-corrected chi connectivity index (χ1v) is 5.43. The number of nitrogens with one attached hydrogen (secondary N) is 1. The summed E-state index contributed by atoms with van der Waals surface area (Å²) in [5.41, 5.74) is -0.485. The lowest BCUT2D eigenvalue weighted by Gasteiger charge is -2.22. The van der Waals surface area contributed by atoms with Crippen molar-refractivity contribution >= 4 is 16.9 Å². The maximum atomic E-state index is 11.5. The standard InChI is InChI=1S/C9H19NO2S/c1-8(2,3)7(11)10-13(12)9(4,5)6/h1-6H3,(H,10,11)/t13-/m1/s1. The first-order valence-electron chi connectivity index (χ1n) is 4.28. The molecule has 0 bridgehead atoms. The monoisotopic (exact) mass is 205 g/mol. The molecule has 0 aliphatic carbocycles. The molecule has 1 atom stereocenters. The lowest BCUT2D eigenvalue weighted by molar-refractivity contribution is -0.126. The SMILES string of the molecule is CC(C)(C)C(=O)N[S@](=O)C(C)(C)C. The number of amides is 1. The summed E-state index contributed by atoms with van der Waals surface area (Å²) < 4.78 is 13.6. The van der Waals surface area contributed by atoms with Gasteiger partial charge in [-0.15, -0.1) is 0 Å². The Morgan fingerprint density at radius 2 is 1.46 bits per heavy atom. The van der Waals surface area contributed by atoms with Crippen LogP contribution >= 0.6 is 0 Å². The Morgan fingerprint density at radius 3 is 1.69 bits per heavy atom. The molecular formula is C9H19NO2S. The van der Waals surface area contributed by atoms with Gasteiger partial charge in [-0.3, -0.25) is 9.52 Å². The molecule has 0 aromatic rings. The second-order valence-corrected chi connectivity index (χ2v) is 7.03. The van der Waals surface area contributed by atoms with Gasteiger partial charge < -0.3 is 0 Å². The molecule has 1 amide bonds. The van der Waals surface area contributed by atoms with Gasteiger partial charge in [0.15, 0.2) is 0 Å². The van der Waals surface area contributed by atoms with E-state index in [1.807, 2.05) is 20.8 Å². The summed E-state index contributed by atoms with van der Waals surface area (Å²) in [5.74, 6) is -0.180. The van der Waals surface area contributed by atoms with Crippen LogP contribution in [0, 0.1) is 5.41 Å². The van der Waals surface area contributed by atoms with E-state index in [1.54, 1.807) is 20.8 Å². The zero-order valence-corrected chi connectivity index (χ0v) is 10.0. The number of carbonyl (C=O) groups excluding carboxylic acids is 1. The van der Waals surface area contributed by atoms with E-state index in [-0.39, 0.29) is 5.91 Å². The van der Waals surface area contributed by atoms with E-state index in [1.165, 1.54) is 0 Å². The third kappa shape index (κ3) is 4.41. The first-order chi connectivity index (χ1) is 5.55. The van der Waals surface area contributed by atoms with Crippen LogP contribution in [0.25, 0.3) is 0 Å². The third-order valence-corrected chi connectivity index (χ3v) is 2.91. The Morgan fingerprint density at radius 1 is 1.08 bits per heavy atom. The van der Waals surface area contributed by atoms with Crippen molar-refractivity contribution < 1.29 is 9.00 Å². The molecule has 3 nitrogen and oxygen atoms in total. The normalized spacial score (nSPS) is 15.2. The highest BCUT2D eigenvalue weighted by Gasteiger charge is 2.27. The molecule has 0 saturated carbocycles. The minimum Gasteiger partial charge on any atom is -0.274 e. The fraction of sp³-hybridized carbons (Fsp3) is 0.889. The molecule has 0 fully saturated rings. The summed E-state index contributed by atoms with van der Waals surface area (Å²) in [5, 5.41) is 0. The molecule has 0 rings (SSSR count). The van der Waals surface area contributed by atoms with Gasteiger partial charge in [0.1, 0.15) is 11.0 Å². The van der Waals surface area contributed by atoms with Crippen LogP contribution in [0.1, 0.15) is 41.5 Å². The summed E-state index contributed by atoms with van der Waals surface area (Å²) >= 11 is 0. The molecule has 13 heavy (non-hydrogen) atoms. The average Bonchev–Trinajstić information content (AvgIpc) is 1.82. The largest absolute Gasteiger partial charge is 0.274 e. The fourth-order valence-corrected chi connectivity index (χ4v) is 1.17. The number of hydrogen-bond acceptors (Lipinski definition) is 2. The summed E-state index contributed by atoms with van der Waals surface area (Å²) in [7, 11) is -1.31. The highest BCUT2D eigenvalue weighted by atomic mass is 32.2. The number of rotatable bonds is 1. The molecule has 4 heteroatoms. The van der Waals surface area contributed by atoms with Gasteiger partial charge in [-0.2, -0.15) is 0 Å². The van der Waals surface area contributed by atoms with E-state index in [0.29, 0.717) is 0 Å². The van der Waals surface area contributed by atoms with Crippen LogP contribution < -0.4 is 4.72 Å². The topological polar surface area (TPSA) is 46.2 Å². The molecule has 0 spiro atoms. The lowest BCUT2D eigenvalue weighted by atomic mass is 9.96. The molecule has 0 aliphatic rings. The molecule has 0 saturated heterocycles. The second kappa shape index (κ2) is 3.78.